The Hall–Kier alpha value is -0.160. The number of halogens is 1. The molecule has 0 aliphatic carbocycles. The van der Waals surface area contributed by atoms with Crippen LogP contribution in [0.3, 0.4) is 0 Å². The largest absolute Gasteiger partial charge is 0.254 e. The molecule has 6 heavy (non-hydrogen) atoms. The molecule has 0 heterocycles. The highest BCUT2D eigenvalue weighted by molar-refractivity contribution is 7.88. The molecule has 0 aromatic carbocycles. The zero-order valence-electron chi connectivity index (χ0n) is 2.81. The molecule has 0 spiro atoms. The van der Waals surface area contributed by atoms with Crippen molar-refractivity contribution >= 4 is 10.0 Å². The van der Waals surface area contributed by atoms with Gasteiger partial charge < -0.3 is 0 Å². The van der Waals surface area contributed by atoms with E-state index in [0.717, 1.165) is 0 Å². The Morgan fingerprint density at radius 3 is 1.83 bits per heavy atom. The fraction of sp³-hybridized carbons (Fsp3) is 1.00. The first kappa shape index (κ1) is 5.84. The highest BCUT2D eigenvalue weighted by atomic mass is 32.2. The van der Waals surface area contributed by atoms with Gasteiger partial charge in [-0.1, -0.05) is 0 Å². The van der Waals surface area contributed by atoms with Crippen molar-refractivity contribution in [2.75, 3.05) is 6.01 Å². The van der Waals surface area contributed by atoms with E-state index in [-0.39, 0.29) is 0 Å². The molecule has 0 atom stereocenters. The molecule has 1 radical (unpaired) electrons. The quantitative estimate of drug-likeness (QED) is 0.460. The molecule has 0 fully saturated rings. The third-order valence-corrected chi connectivity index (χ3v) is 0.431. The van der Waals surface area contributed by atoms with Crippen molar-refractivity contribution in [2.24, 2.45) is 0 Å². The van der Waals surface area contributed by atoms with E-state index in [9.17, 15) is 12.8 Å². The summed E-state index contributed by atoms with van der Waals surface area (Å²) >= 11 is 0. The van der Waals surface area contributed by atoms with Crippen molar-refractivity contribution in [3.05, 3.63) is 0 Å². The zero-order valence-corrected chi connectivity index (χ0v) is 3.63. The Bertz CT molecular complexity index is 116. The van der Waals surface area contributed by atoms with Gasteiger partial charge in [0.25, 0.3) is 10.0 Å². The lowest BCUT2D eigenvalue weighted by Crippen LogP contribution is -1.99. The minimum atomic E-state index is -4.08. The van der Waals surface area contributed by atoms with E-state index >= 15 is 0 Å². The fourth-order valence-corrected chi connectivity index (χ4v) is 0. The van der Waals surface area contributed by atoms with Gasteiger partial charge in [0.2, 0.25) is 6.01 Å². The van der Waals surface area contributed by atoms with Crippen molar-refractivity contribution in [1.82, 2.24) is 5.14 Å². The van der Waals surface area contributed by atoms with Crippen molar-refractivity contribution in [3.8, 4) is 0 Å². The lowest BCUT2D eigenvalue weighted by molar-refractivity contribution is 0.534. The first-order valence-electron chi connectivity index (χ1n) is 1.09. The van der Waals surface area contributed by atoms with Gasteiger partial charge in [-0.3, -0.25) is 0 Å². The van der Waals surface area contributed by atoms with Gasteiger partial charge in [-0.25, -0.2) is 12.8 Å². The molecule has 5 heteroatoms. The number of nitrogens with one attached hydrogen (secondary N) is 1. The summed E-state index contributed by atoms with van der Waals surface area (Å²) in [5.74, 6) is 0. The Morgan fingerprint density at radius 2 is 1.83 bits per heavy atom. The topological polar surface area (TPSA) is 57.9 Å². The summed E-state index contributed by atoms with van der Waals surface area (Å²) in [6, 6.07) is -1.59. The lowest BCUT2D eigenvalue weighted by atomic mass is 11.8. The molecule has 0 aliphatic heterocycles. The summed E-state index contributed by atoms with van der Waals surface area (Å²) in [5, 5.41) is 5.78. The Balaban J connectivity index is 3.85. The van der Waals surface area contributed by atoms with Crippen LogP contribution >= 0.6 is 0 Å². The van der Waals surface area contributed by atoms with Crippen LogP contribution in [0.2, 0.25) is 0 Å². The van der Waals surface area contributed by atoms with Crippen molar-refractivity contribution in [3.63, 3.8) is 0 Å². The molecule has 1 N–H and O–H groups in total. The number of rotatable bonds is 1. The summed E-state index contributed by atoms with van der Waals surface area (Å²) in [6.45, 7) is 0. The minimum absolute atomic E-state index is 1.59. The van der Waals surface area contributed by atoms with Gasteiger partial charge in [0, 0.05) is 0 Å². The van der Waals surface area contributed by atoms with E-state index in [1.54, 1.807) is 0 Å². The van der Waals surface area contributed by atoms with Crippen LogP contribution in [-0.2, 0) is 10.0 Å². The van der Waals surface area contributed by atoms with Gasteiger partial charge in [-0.2, -0.15) is 0 Å². The Labute approximate surface area is 35.0 Å². The second kappa shape index (κ2) is 1.53. The van der Waals surface area contributed by atoms with Crippen molar-refractivity contribution in [1.29, 1.82) is 0 Å². The Kier molecular flexibility index (Phi) is 1.48. The van der Waals surface area contributed by atoms with Crippen molar-refractivity contribution in [2.45, 2.75) is 0 Å². The summed E-state index contributed by atoms with van der Waals surface area (Å²) in [7, 11) is -4.08. The average molecular weight is 112 g/mol. The van der Waals surface area contributed by atoms with E-state index in [0.29, 0.717) is 0 Å². The molecule has 0 unspecified atom stereocenters. The van der Waals surface area contributed by atoms with Crippen LogP contribution < -0.4 is 5.14 Å². The van der Waals surface area contributed by atoms with Crippen LogP contribution in [0.5, 0.6) is 0 Å². The second-order valence-electron chi connectivity index (χ2n) is 0.724. The zero-order chi connectivity index (χ0) is 5.21. The summed E-state index contributed by atoms with van der Waals surface area (Å²) in [5.41, 5.74) is 0. The van der Waals surface area contributed by atoms with Gasteiger partial charge in [-0.15, -0.1) is 5.14 Å². The molecule has 0 aromatic heterocycles. The maximum atomic E-state index is 10.7. The van der Waals surface area contributed by atoms with E-state index < -0.39 is 16.0 Å². The van der Waals surface area contributed by atoms with Crippen LogP contribution in [0.4, 0.5) is 4.39 Å². The van der Waals surface area contributed by atoms with Gasteiger partial charge in [0.05, 0.1) is 0 Å². The molecule has 37 valence electrons. The van der Waals surface area contributed by atoms with Gasteiger partial charge in [0.15, 0.2) is 0 Å². The van der Waals surface area contributed by atoms with Crippen LogP contribution in [0.15, 0.2) is 0 Å². The summed E-state index contributed by atoms with van der Waals surface area (Å²) < 4.78 is 29.3. The minimum Gasteiger partial charge on any atom is -0.232 e. The predicted octanol–water partition coefficient (Wildman–Crippen LogP) is -0.474. The number of hydrogen-bond acceptors (Lipinski definition) is 2. The molecule has 0 bridgehead atoms. The van der Waals surface area contributed by atoms with E-state index in [1.807, 2.05) is 0 Å². The van der Waals surface area contributed by atoms with Gasteiger partial charge in [-0.05, 0) is 0 Å². The normalized spacial score (nSPS) is 11.7. The van der Waals surface area contributed by atoms with E-state index in [4.69, 9.17) is 5.14 Å². The maximum absolute atomic E-state index is 10.7. The van der Waals surface area contributed by atoms with Crippen LogP contribution in [0.1, 0.15) is 0 Å². The van der Waals surface area contributed by atoms with E-state index in [1.165, 1.54) is 0 Å². The number of sulfonamides is 1. The number of hydrogen-bond donors (Lipinski definition) is 0. The lowest BCUT2D eigenvalue weighted by Gasteiger charge is -1.76. The highest BCUT2D eigenvalue weighted by Gasteiger charge is 1.96. The molecule has 0 amide bonds. The monoisotopic (exact) mass is 112 g/mol. The first-order valence-corrected chi connectivity index (χ1v) is 2.75. The molecule has 0 aliphatic rings. The summed E-state index contributed by atoms with van der Waals surface area (Å²) in [4.78, 5) is 0. The van der Waals surface area contributed by atoms with Gasteiger partial charge >= 0.3 is 0 Å². The molecule has 0 rings (SSSR count). The van der Waals surface area contributed by atoms with Crippen LogP contribution in [0, 0.1) is 0 Å². The SMILES string of the molecule is [NH]S(=O)(=O)CF. The molecule has 0 aromatic rings. The average Bonchev–Trinajstić information content (AvgIpc) is 1.35. The Morgan fingerprint density at radius 1 is 1.67 bits per heavy atom. The molecule has 0 saturated heterocycles. The summed E-state index contributed by atoms with van der Waals surface area (Å²) in [6.07, 6.45) is 0. The van der Waals surface area contributed by atoms with Crippen LogP contribution in [-0.4, -0.2) is 14.4 Å². The van der Waals surface area contributed by atoms with E-state index in [2.05, 4.69) is 0 Å². The smallest absolute Gasteiger partial charge is 0.232 e. The predicted molar refractivity (Wildman–Crippen MR) is 18.0 cm³/mol. The van der Waals surface area contributed by atoms with Crippen LogP contribution in [0.25, 0.3) is 0 Å². The second-order valence-corrected chi connectivity index (χ2v) is 2.17. The molecule has 3 nitrogen and oxygen atoms in total. The molecular weight excluding hydrogens is 109 g/mol. The fourth-order valence-electron chi connectivity index (χ4n) is 0. The van der Waals surface area contributed by atoms with Gasteiger partial charge in [0.1, 0.15) is 0 Å². The highest BCUT2D eigenvalue weighted by Crippen LogP contribution is 1.76. The number of alkyl halides is 1. The third kappa shape index (κ3) is 3.84. The molecule has 0 saturated carbocycles. The molecular formula is CH3FNO2S. The standard InChI is InChI=1S/CH3FNO2S/c2-1-6(3,4)5/h3H,1H2. The maximum Gasteiger partial charge on any atom is 0.254 e. The third-order valence-electron chi connectivity index (χ3n) is 0.144. The first-order chi connectivity index (χ1) is 2.56. The van der Waals surface area contributed by atoms with Crippen molar-refractivity contribution < 1.29 is 12.8 Å².